The molecule has 6 heteroatoms. The van der Waals surface area contributed by atoms with Crippen LogP contribution in [0.4, 0.5) is 11.4 Å². The first-order valence-electron chi connectivity index (χ1n) is 9.47. The summed E-state index contributed by atoms with van der Waals surface area (Å²) in [5, 5.41) is 0.945. The number of aromatic nitrogens is 1. The number of rotatable bonds is 3. The van der Waals surface area contributed by atoms with Crippen LogP contribution in [0.1, 0.15) is 34.9 Å². The number of aryl methyl sites for hydroxylation is 2. The topological polar surface area (TPSA) is 71.4 Å². The molecule has 1 aromatic carbocycles. The second-order valence-electron chi connectivity index (χ2n) is 7.43. The van der Waals surface area contributed by atoms with Gasteiger partial charge in [0.2, 0.25) is 0 Å². The number of hydrogen-bond donors (Lipinski definition) is 2. The third-order valence-corrected chi connectivity index (χ3v) is 6.47. The zero-order valence-corrected chi connectivity index (χ0v) is 16.7. The minimum absolute atomic E-state index is 0.118. The molecule has 1 aromatic heterocycles. The molecule has 1 fully saturated rings. The number of nitrogens with two attached hydrogens (primary N) is 2. The Morgan fingerprint density at radius 1 is 1.15 bits per heavy atom. The van der Waals surface area contributed by atoms with Crippen molar-refractivity contribution in [3.8, 4) is 0 Å². The summed E-state index contributed by atoms with van der Waals surface area (Å²) >= 11 is 1.70. The Balaban J connectivity index is 1.75. The zero-order chi connectivity index (χ0) is 19.0. The summed E-state index contributed by atoms with van der Waals surface area (Å²) in [5.74, 6) is 0. The quantitative estimate of drug-likeness (QED) is 0.846. The Labute approximate surface area is 165 Å². The van der Waals surface area contributed by atoms with E-state index in [1.54, 1.807) is 11.8 Å². The van der Waals surface area contributed by atoms with E-state index in [1.807, 2.05) is 18.6 Å². The Bertz CT molecular complexity index is 845. The monoisotopic (exact) mass is 381 g/mol. The van der Waals surface area contributed by atoms with E-state index in [-0.39, 0.29) is 11.4 Å². The Hall–Kier alpha value is -2.18. The van der Waals surface area contributed by atoms with Crippen molar-refractivity contribution in [1.82, 2.24) is 4.98 Å². The van der Waals surface area contributed by atoms with Gasteiger partial charge in [-0.1, -0.05) is 30.0 Å². The number of hydrogen-bond acceptors (Lipinski definition) is 6. The molecule has 142 valence electrons. The smallest absolute Gasteiger partial charge is 0.111 e. The largest absolute Gasteiger partial charge is 0.392 e. The fourth-order valence-corrected chi connectivity index (χ4v) is 5.32. The number of benzene rings is 1. The molecule has 0 bridgehead atoms. The molecule has 2 aliphatic heterocycles. The molecule has 0 spiro atoms. The number of nitrogens with zero attached hydrogens (tertiary/aromatic N) is 3. The maximum Gasteiger partial charge on any atom is 0.111 e. The van der Waals surface area contributed by atoms with Crippen LogP contribution < -0.4 is 21.3 Å². The van der Waals surface area contributed by atoms with Crippen molar-refractivity contribution in [2.75, 3.05) is 22.9 Å². The van der Waals surface area contributed by atoms with Gasteiger partial charge in [-0.2, -0.15) is 0 Å². The molecule has 27 heavy (non-hydrogen) atoms. The van der Waals surface area contributed by atoms with E-state index in [0.717, 1.165) is 36.6 Å². The van der Waals surface area contributed by atoms with Gasteiger partial charge in [0.05, 0.1) is 22.6 Å². The molecule has 2 atom stereocenters. The van der Waals surface area contributed by atoms with Crippen LogP contribution in [0, 0.1) is 13.8 Å². The van der Waals surface area contributed by atoms with Crippen molar-refractivity contribution in [2.24, 2.45) is 11.5 Å². The lowest BCUT2D eigenvalue weighted by atomic mass is 10.0. The highest BCUT2D eigenvalue weighted by molar-refractivity contribution is 8.03. The van der Waals surface area contributed by atoms with Crippen LogP contribution in [0.15, 0.2) is 47.9 Å². The first-order chi connectivity index (χ1) is 13.0. The van der Waals surface area contributed by atoms with Gasteiger partial charge in [-0.05, 0) is 49.4 Å². The van der Waals surface area contributed by atoms with Crippen LogP contribution >= 0.6 is 11.8 Å². The lowest BCUT2D eigenvalue weighted by Crippen LogP contribution is -2.43. The van der Waals surface area contributed by atoms with Crippen LogP contribution in [0.5, 0.6) is 0 Å². The molecular formula is C21H27N5S. The summed E-state index contributed by atoms with van der Waals surface area (Å²) in [6.45, 7) is 6.25. The third-order valence-electron chi connectivity index (χ3n) is 5.41. The van der Waals surface area contributed by atoms with Gasteiger partial charge in [0, 0.05) is 31.5 Å². The van der Waals surface area contributed by atoms with Crippen molar-refractivity contribution >= 4 is 23.1 Å². The van der Waals surface area contributed by atoms with E-state index in [1.165, 1.54) is 22.4 Å². The van der Waals surface area contributed by atoms with E-state index in [0.29, 0.717) is 0 Å². The lowest BCUT2D eigenvalue weighted by Gasteiger charge is -2.36. The van der Waals surface area contributed by atoms with Gasteiger partial charge in [-0.25, -0.2) is 0 Å². The van der Waals surface area contributed by atoms with Crippen LogP contribution in [-0.4, -0.2) is 24.1 Å². The molecule has 3 heterocycles. The molecule has 0 saturated carbocycles. The molecule has 2 aromatic rings. The highest BCUT2D eigenvalue weighted by Gasteiger charge is 2.32. The van der Waals surface area contributed by atoms with Crippen LogP contribution in [0.2, 0.25) is 0 Å². The summed E-state index contributed by atoms with van der Waals surface area (Å²) in [4.78, 5) is 9.09. The number of pyridine rings is 1. The Kier molecular flexibility index (Phi) is 5.02. The second kappa shape index (κ2) is 7.44. The predicted octanol–water partition coefficient (Wildman–Crippen LogP) is 3.64. The number of thioether (sulfide) groups is 1. The van der Waals surface area contributed by atoms with Crippen molar-refractivity contribution in [3.05, 3.63) is 64.6 Å². The first kappa shape index (κ1) is 18.2. The summed E-state index contributed by atoms with van der Waals surface area (Å²) in [6.07, 6.45) is 8.07. The Morgan fingerprint density at radius 3 is 2.67 bits per heavy atom. The minimum Gasteiger partial charge on any atom is -0.392 e. The molecule has 1 unspecified atom stereocenters. The molecule has 0 amide bonds. The highest BCUT2D eigenvalue weighted by Crippen LogP contribution is 2.48. The fraction of sp³-hybridized carbons (Fsp3) is 0.381. The summed E-state index contributed by atoms with van der Waals surface area (Å²) < 4.78 is 0. The molecule has 4 N–H and O–H groups in total. The molecule has 5 nitrogen and oxygen atoms in total. The van der Waals surface area contributed by atoms with E-state index in [4.69, 9.17) is 11.5 Å². The summed E-state index contributed by atoms with van der Waals surface area (Å²) in [6, 6.07) is 8.77. The number of anilines is 2. The van der Waals surface area contributed by atoms with Crippen LogP contribution in [0.3, 0.4) is 0 Å². The molecule has 2 aliphatic rings. The maximum atomic E-state index is 6.27. The van der Waals surface area contributed by atoms with Crippen molar-refractivity contribution in [3.63, 3.8) is 0 Å². The SMILES string of the molecule is Cc1cccc(C)c1[C@@H]1SC(N)=CN1c1cnccc1N1CCCC(N)C1. The van der Waals surface area contributed by atoms with Crippen molar-refractivity contribution < 1.29 is 0 Å². The Morgan fingerprint density at radius 2 is 1.93 bits per heavy atom. The van der Waals surface area contributed by atoms with Crippen LogP contribution in [0.25, 0.3) is 0 Å². The predicted molar refractivity (Wildman–Crippen MR) is 115 cm³/mol. The van der Waals surface area contributed by atoms with Gasteiger partial charge < -0.3 is 21.3 Å². The maximum absolute atomic E-state index is 6.27. The number of piperidine rings is 1. The van der Waals surface area contributed by atoms with Gasteiger partial charge in [-0.15, -0.1) is 0 Å². The van der Waals surface area contributed by atoms with Gasteiger partial charge in [0.25, 0.3) is 0 Å². The second-order valence-corrected chi connectivity index (χ2v) is 8.58. The van der Waals surface area contributed by atoms with Crippen LogP contribution in [-0.2, 0) is 0 Å². The third kappa shape index (κ3) is 3.51. The van der Waals surface area contributed by atoms with Gasteiger partial charge in [0.1, 0.15) is 5.37 Å². The van der Waals surface area contributed by atoms with E-state index in [9.17, 15) is 0 Å². The van der Waals surface area contributed by atoms with Gasteiger partial charge >= 0.3 is 0 Å². The first-order valence-corrected chi connectivity index (χ1v) is 10.4. The normalized spacial score (nSPS) is 22.9. The van der Waals surface area contributed by atoms with E-state index >= 15 is 0 Å². The molecule has 1 saturated heterocycles. The average molecular weight is 382 g/mol. The van der Waals surface area contributed by atoms with Crippen molar-refractivity contribution in [2.45, 2.75) is 38.1 Å². The molecule has 0 aliphatic carbocycles. The average Bonchev–Trinajstić information content (AvgIpc) is 3.03. The molecule has 0 radical (unpaired) electrons. The van der Waals surface area contributed by atoms with Gasteiger partial charge in [0.15, 0.2) is 0 Å². The summed E-state index contributed by atoms with van der Waals surface area (Å²) in [5.41, 5.74) is 18.7. The minimum atomic E-state index is 0.118. The summed E-state index contributed by atoms with van der Waals surface area (Å²) in [7, 11) is 0. The molecular weight excluding hydrogens is 354 g/mol. The standard InChI is InChI=1S/C21H27N5S/c1-14-5-3-6-15(2)20(14)21-26(13-19(23)27-21)18-11-24-9-8-17(18)25-10-4-7-16(22)12-25/h3,5-6,8-9,11,13,16,21H,4,7,10,12,22-23H2,1-2H3/t16?,21-/m0/s1. The fourth-order valence-electron chi connectivity index (χ4n) is 4.11. The van der Waals surface area contributed by atoms with Crippen molar-refractivity contribution in [1.29, 1.82) is 0 Å². The highest BCUT2D eigenvalue weighted by atomic mass is 32.2. The van der Waals surface area contributed by atoms with Gasteiger partial charge in [-0.3, -0.25) is 4.98 Å². The zero-order valence-electron chi connectivity index (χ0n) is 15.9. The van der Waals surface area contributed by atoms with E-state index in [2.05, 4.69) is 52.9 Å². The lowest BCUT2D eigenvalue weighted by molar-refractivity contribution is 0.506. The van der Waals surface area contributed by atoms with E-state index < -0.39 is 0 Å². The molecule has 4 rings (SSSR count).